The van der Waals surface area contributed by atoms with E-state index in [-0.39, 0.29) is 6.42 Å². The number of imidazole rings is 1. The van der Waals surface area contributed by atoms with Gasteiger partial charge in [0.25, 0.3) is 0 Å². The molecule has 1 aromatic carbocycles. The summed E-state index contributed by atoms with van der Waals surface area (Å²) in [5.41, 5.74) is 3.21. The van der Waals surface area contributed by atoms with Gasteiger partial charge in [-0.1, -0.05) is 6.92 Å². The number of halogens is 1. The Bertz CT molecular complexity index is 678. The summed E-state index contributed by atoms with van der Waals surface area (Å²) in [5.74, 6) is 0.806. The fraction of sp³-hybridized carbons (Fsp3) is 0.556. The van der Waals surface area contributed by atoms with E-state index in [1.54, 1.807) is 0 Å². The lowest BCUT2D eigenvalue weighted by molar-refractivity contribution is -0.137. The zero-order valence-electron chi connectivity index (χ0n) is 14.5. The molecule has 1 N–H and O–H groups in total. The maximum atomic E-state index is 10.7. The second-order valence-corrected chi connectivity index (χ2v) is 6.25. The monoisotopic (exact) mass is 351 g/mol. The highest BCUT2D eigenvalue weighted by atomic mass is 35.5. The van der Waals surface area contributed by atoms with E-state index in [0.717, 1.165) is 48.6 Å². The normalized spacial score (nSPS) is 11.1. The number of aromatic nitrogens is 2. The van der Waals surface area contributed by atoms with Crippen LogP contribution in [0.25, 0.3) is 11.0 Å². The summed E-state index contributed by atoms with van der Waals surface area (Å²) in [6.45, 7) is 6.87. The van der Waals surface area contributed by atoms with Crippen molar-refractivity contribution in [1.29, 1.82) is 0 Å². The van der Waals surface area contributed by atoms with E-state index >= 15 is 0 Å². The summed E-state index contributed by atoms with van der Waals surface area (Å²) < 4.78 is 2.17. The topological polar surface area (TPSA) is 58.4 Å². The van der Waals surface area contributed by atoms with Crippen LogP contribution in [-0.2, 0) is 17.8 Å². The van der Waals surface area contributed by atoms with Crippen molar-refractivity contribution in [2.24, 2.45) is 0 Å². The average molecular weight is 352 g/mol. The molecule has 0 spiro atoms. The van der Waals surface area contributed by atoms with Gasteiger partial charge in [0.15, 0.2) is 0 Å². The summed E-state index contributed by atoms with van der Waals surface area (Å²) in [6, 6.07) is 6.35. The summed E-state index contributed by atoms with van der Waals surface area (Å²) >= 11 is 5.93. The van der Waals surface area contributed by atoms with Crippen LogP contribution in [0.2, 0.25) is 0 Å². The first-order valence-electron chi connectivity index (χ1n) is 8.62. The third-order valence-electron chi connectivity index (χ3n) is 4.13. The smallest absolute Gasteiger partial charge is 0.303 e. The van der Waals surface area contributed by atoms with Crippen LogP contribution in [0.1, 0.15) is 38.9 Å². The molecule has 0 amide bonds. The van der Waals surface area contributed by atoms with E-state index in [4.69, 9.17) is 21.7 Å². The minimum absolute atomic E-state index is 0.179. The predicted octanol–water partition coefficient (Wildman–Crippen LogP) is 3.92. The predicted molar refractivity (Wildman–Crippen MR) is 99.2 cm³/mol. The van der Waals surface area contributed by atoms with E-state index < -0.39 is 5.97 Å². The quantitative estimate of drug-likeness (QED) is 0.659. The van der Waals surface area contributed by atoms with E-state index in [1.807, 2.05) is 0 Å². The van der Waals surface area contributed by atoms with Gasteiger partial charge in [-0.25, -0.2) is 4.98 Å². The Morgan fingerprint density at radius 3 is 2.75 bits per heavy atom. The molecule has 1 aromatic heterocycles. The molecule has 6 heteroatoms. The molecule has 0 saturated carbocycles. The van der Waals surface area contributed by atoms with Crippen LogP contribution in [0.3, 0.4) is 0 Å². The molecule has 132 valence electrons. The highest BCUT2D eigenvalue weighted by Gasteiger charge is 2.13. The first-order chi connectivity index (χ1) is 11.6. The molecule has 0 unspecified atom stereocenters. The second kappa shape index (κ2) is 8.92. The Labute approximate surface area is 148 Å². The van der Waals surface area contributed by atoms with Crippen molar-refractivity contribution in [2.75, 3.05) is 23.9 Å². The second-order valence-electron chi connectivity index (χ2n) is 5.87. The van der Waals surface area contributed by atoms with Crippen molar-refractivity contribution in [3.05, 3.63) is 24.0 Å². The first-order valence-corrected chi connectivity index (χ1v) is 9.16. The molecular formula is C18H26ClN3O2. The Hall–Kier alpha value is -1.75. The molecule has 0 aliphatic carbocycles. The largest absolute Gasteiger partial charge is 0.481 e. The zero-order chi connectivity index (χ0) is 17.5. The van der Waals surface area contributed by atoms with Crippen molar-refractivity contribution in [1.82, 2.24) is 9.55 Å². The van der Waals surface area contributed by atoms with Gasteiger partial charge in [-0.05, 0) is 38.0 Å². The van der Waals surface area contributed by atoms with Crippen LogP contribution in [0.15, 0.2) is 18.2 Å². The van der Waals surface area contributed by atoms with Crippen LogP contribution in [-0.4, -0.2) is 39.6 Å². The number of carbonyl (C=O) groups is 1. The molecule has 0 fully saturated rings. The highest BCUT2D eigenvalue weighted by Crippen LogP contribution is 2.24. The molecule has 2 aromatic rings. The summed E-state index contributed by atoms with van der Waals surface area (Å²) in [4.78, 5) is 17.7. The molecule has 2 rings (SSSR count). The average Bonchev–Trinajstić information content (AvgIpc) is 2.90. The van der Waals surface area contributed by atoms with Crippen LogP contribution in [0.5, 0.6) is 0 Å². The molecular weight excluding hydrogens is 326 g/mol. The van der Waals surface area contributed by atoms with Crippen molar-refractivity contribution in [2.45, 2.75) is 46.1 Å². The number of nitrogens with zero attached hydrogens (tertiary/aromatic N) is 3. The molecule has 1 heterocycles. The number of fused-ring (bicyclic) bond motifs is 1. The number of hydrogen-bond acceptors (Lipinski definition) is 3. The molecule has 0 saturated heterocycles. The van der Waals surface area contributed by atoms with Gasteiger partial charge in [0.05, 0.1) is 11.0 Å². The van der Waals surface area contributed by atoms with E-state index in [1.165, 1.54) is 0 Å². The lowest BCUT2D eigenvalue weighted by Crippen LogP contribution is -2.26. The Morgan fingerprint density at radius 2 is 2.12 bits per heavy atom. The number of anilines is 1. The molecule has 0 aliphatic heterocycles. The first kappa shape index (κ1) is 18.6. The maximum Gasteiger partial charge on any atom is 0.303 e. The number of carboxylic acid groups (broad SMARTS) is 1. The molecule has 0 aliphatic rings. The van der Waals surface area contributed by atoms with Crippen molar-refractivity contribution in [3.63, 3.8) is 0 Å². The number of benzene rings is 1. The van der Waals surface area contributed by atoms with Gasteiger partial charge in [-0.3, -0.25) is 4.79 Å². The van der Waals surface area contributed by atoms with Crippen LogP contribution < -0.4 is 4.90 Å². The SMILES string of the molecule is CCCN(CCCl)c1ccc2c(c1)nc(CCCC(=O)O)n2CC. The molecule has 5 nitrogen and oxygen atoms in total. The molecule has 24 heavy (non-hydrogen) atoms. The summed E-state index contributed by atoms with van der Waals surface area (Å²) in [5, 5.41) is 8.81. The van der Waals surface area contributed by atoms with Gasteiger partial charge in [-0.15, -0.1) is 11.6 Å². The molecule has 0 radical (unpaired) electrons. The minimum atomic E-state index is -0.757. The van der Waals surface area contributed by atoms with Gasteiger partial charge in [0.1, 0.15) is 5.82 Å². The zero-order valence-corrected chi connectivity index (χ0v) is 15.2. The number of aryl methyl sites for hydroxylation is 2. The third kappa shape index (κ3) is 4.41. The number of aliphatic carboxylic acids is 1. The van der Waals surface area contributed by atoms with Crippen LogP contribution in [0, 0.1) is 0 Å². The Morgan fingerprint density at radius 1 is 1.33 bits per heavy atom. The molecule has 0 atom stereocenters. The van der Waals surface area contributed by atoms with E-state index in [0.29, 0.717) is 18.7 Å². The number of rotatable bonds is 10. The van der Waals surface area contributed by atoms with E-state index in [9.17, 15) is 4.79 Å². The number of hydrogen-bond donors (Lipinski definition) is 1. The lowest BCUT2D eigenvalue weighted by Gasteiger charge is -2.23. The molecule has 0 bridgehead atoms. The lowest BCUT2D eigenvalue weighted by atomic mass is 10.2. The van der Waals surface area contributed by atoms with Gasteiger partial charge in [0.2, 0.25) is 0 Å². The fourth-order valence-corrected chi connectivity index (χ4v) is 3.25. The number of carboxylic acids is 1. The Kier molecular flexibility index (Phi) is 6.91. The van der Waals surface area contributed by atoms with Gasteiger partial charge in [-0.2, -0.15) is 0 Å². The summed E-state index contributed by atoms with van der Waals surface area (Å²) in [7, 11) is 0. The van der Waals surface area contributed by atoms with Crippen molar-refractivity contribution in [3.8, 4) is 0 Å². The van der Waals surface area contributed by atoms with Crippen molar-refractivity contribution >= 4 is 34.3 Å². The maximum absolute atomic E-state index is 10.7. The van der Waals surface area contributed by atoms with Gasteiger partial charge >= 0.3 is 5.97 Å². The van der Waals surface area contributed by atoms with Gasteiger partial charge in [0, 0.05) is 44.0 Å². The van der Waals surface area contributed by atoms with Crippen LogP contribution in [0.4, 0.5) is 5.69 Å². The van der Waals surface area contributed by atoms with Gasteiger partial charge < -0.3 is 14.6 Å². The fourth-order valence-electron chi connectivity index (χ4n) is 3.05. The number of alkyl halides is 1. The summed E-state index contributed by atoms with van der Waals surface area (Å²) in [6.07, 6.45) is 2.54. The Balaban J connectivity index is 2.29. The highest BCUT2D eigenvalue weighted by molar-refractivity contribution is 6.18. The third-order valence-corrected chi connectivity index (χ3v) is 4.30. The minimum Gasteiger partial charge on any atom is -0.481 e. The standard InChI is InChI=1S/C18H26ClN3O2/c1-3-11-21(12-10-19)14-8-9-16-15(13-14)20-17(22(16)4-2)6-5-7-18(23)24/h8-9,13H,3-7,10-12H2,1-2H3,(H,23,24). The van der Waals surface area contributed by atoms with Crippen molar-refractivity contribution < 1.29 is 9.90 Å². The van der Waals surface area contributed by atoms with E-state index in [2.05, 4.69) is 41.5 Å². The van der Waals surface area contributed by atoms with Crippen LogP contribution >= 0.6 is 11.6 Å².